The van der Waals surface area contributed by atoms with Gasteiger partial charge in [0.1, 0.15) is 0 Å². The number of hydrogen-bond donors (Lipinski definition) is 1. The Morgan fingerprint density at radius 2 is 1.92 bits per heavy atom. The van der Waals surface area contributed by atoms with Crippen molar-refractivity contribution in [2.45, 2.75) is 6.04 Å². The van der Waals surface area contributed by atoms with Crippen LogP contribution >= 0.6 is 0 Å². The third-order valence-corrected chi connectivity index (χ3v) is 2.63. The van der Waals surface area contributed by atoms with Crippen molar-refractivity contribution >= 4 is 5.91 Å². The number of nitrogens with two attached hydrogens (primary N) is 1. The van der Waals surface area contributed by atoms with Crippen molar-refractivity contribution in [3.63, 3.8) is 0 Å². The summed E-state index contributed by atoms with van der Waals surface area (Å²) in [5.41, 5.74) is 5.59. The van der Waals surface area contributed by atoms with E-state index in [0.717, 1.165) is 26.2 Å². The first-order valence-electron chi connectivity index (χ1n) is 4.39. The molecule has 0 radical (unpaired) electrons. The molecule has 2 heterocycles. The minimum absolute atomic E-state index is 0.228. The first kappa shape index (κ1) is 8.01. The summed E-state index contributed by atoms with van der Waals surface area (Å²) in [5.74, 6) is 0.553. The Morgan fingerprint density at radius 1 is 1.33 bits per heavy atom. The lowest BCUT2D eigenvalue weighted by Crippen LogP contribution is -2.62. The second-order valence-corrected chi connectivity index (χ2v) is 3.92. The van der Waals surface area contributed by atoms with E-state index >= 15 is 0 Å². The molecule has 0 aromatic rings. The smallest absolute Gasteiger partial charge is 0.228 e. The van der Waals surface area contributed by atoms with E-state index in [1.165, 1.54) is 0 Å². The van der Waals surface area contributed by atoms with E-state index in [1.54, 1.807) is 0 Å². The lowest BCUT2D eigenvalue weighted by Gasteiger charge is -2.43. The van der Waals surface area contributed by atoms with Crippen molar-refractivity contribution in [2.24, 2.45) is 11.7 Å². The normalized spacial score (nSPS) is 26.7. The lowest BCUT2D eigenvalue weighted by molar-refractivity contribution is -0.144. The van der Waals surface area contributed by atoms with Gasteiger partial charge in [-0.2, -0.15) is 0 Å². The molecule has 2 aliphatic rings. The number of nitrogens with zero attached hydrogens (tertiary/aromatic N) is 2. The summed E-state index contributed by atoms with van der Waals surface area (Å²) < 4.78 is 0. The lowest BCUT2D eigenvalue weighted by atomic mass is 9.97. The molecule has 4 heteroatoms. The number of carbonyl (C=O) groups excluding carboxylic acids is 1. The van der Waals surface area contributed by atoms with Crippen LogP contribution in [0.1, 0.15) is 0 Å². The van der Waals surface area contributed by atoms with Crippen LogP contribution in [0.4, 0.5) is 0 Å². The minimum atomic E-state index is 0.228. The highest BCUT2D eigenvalue weighted by Crippen LogP contribution is 2.18. The first-order chi connectivity index (χ1) is 5.66. The number of rotatable bonds is 1. The zero-order valence-corrected chi connectivity index (χ0v) is 7.36. The van der Waals surface area contributed by atoms with Gasteiger partial charge in [0.05, 0.1) is 5.92 Å². The van der Waals surface area contributed by atoms with Gasteiger partial charge in [0.15, 0.2) is 0 Å². The van der Waals surface area contributed by atoms with Crippen molar-refractivity contribution in [1.82, 2.24) is 9.80 Å². The van der Waals surface area contributed by atoms with E-state index in [1.807, 2.05) is 11.9 Å². The Bertz CT molecular complexity index is 174. The molecule has 0 atom stereocenters. The molecule has 2 N–H and O–H groups in total. The van der Waals surface area contributed by atoms with Crippen LogP contribution in [0, 0.1) is 5.92 Å². The SMILES string of the molecule is CN1CC(C(=O)N2CC(N)C2)C1. The van der Waals surface area contributed by atoms with Crippen LogP contribution in [0.5, 0.6) is 0 Å². The zero-order chi connectivity index (χ0) is 8.72. The predicted molar refractivity (Wildman–Crippen MR) is 45.5 cm³/mol. The third kappa shape index (κ3) is 1.21. The summed E-state index contributed by atoms with van der Waals surface area (Å²) in [4.78, 5) is 15.6. The van der Waals surface area contributed by atoms with Gasteiger partial charge in [-0.3, -0.25) is 4.79 Å². The average Bonchev–Trinajstić information content (AvgIpc) is 1.91. The molecule has 2 aliphatic heterocycles. The Labute approximate surface area is 72.3 Å². The minimum Gasteiger partial charge on any atom is -0.339 e. The topological polar surface area (TPSA) is 49.6 Å². The van der Waals surface area contributed by atoms with Crippen LogP contribution in [0.25, 0.3) is 0 Å². The molecular weight excluding hydrogens is 154 g/mol. The second kappa shape index (κ2) is 2.71. The van der Waals surface area contributed by atoms with Gasteiger partial charge in [0, 0.05) is 32.2 Å². The highest BCUT2D eigenvalue weighted by molar-refractivity contribution is 5.81. The molecule has 12 heavy (non-hydrogen) atoms. The highest BCUT2D eigenvalue weighted by atomic mass is 16.2. The predicted octanol–water partition coefficient (Wildman–Crippen LogP) is -1.28. The van der Waals surface area contributed by atoms with E-state index in [4.69, 9.17) is 5.73 Å². The Hall–Kier alpha value is -0.610. The molecular formula is C8H15N3O. The summed E-state index contributed by atoms with van der Waals surface area (Å²) in [6.45, 7) is 3.37. The maximum atomic E-state index is 11.5. The number of hydrogen-bond acceptors (Lipinski definition) is 3. The second-order valence-electron chi connectivity index (χ2n) is 3.92. The summed E-state index contributed by atoms with van der Waals surface area (Å²) in [6, 6.07) is 0.228. The molecule has 1 amide bonds. The van der Waals surface area contributed by atoms with Gasteiger partial charge in [0.25, 0.3) is 0 Å². The zero-order valence-electron chi connectivity index (χ0n) is 7.36. The summed E-state index contributed by atoms with van der Waals surface area (Å²) >= 11 is 0. The fourth-order valence-corrected chi connectivity index (χ4v) is 1.81. The summed E-state index contributed by atoms with van der Waals surface area (Å²) in [7, 11) is 2.03. The molecule has 4 nitrogen and oxygen atoms in total. The van der Waals surface area contributed by atoms with Gasteiger partial charge in [-0.25, -0.2) is 0 Å². The molecule has 0 aromatic heterocycles. The molecule has 0 aromatic carbocycles. The Kier molecular flexibility index (Phi) is 1.81. The summed E-state index contributed by atoms with van der Waals surface area (Å²) in [6.07, 6.45) is 0. The van der Waals surface area contributed by atoms with Gasteiger partial charge in [-0.05, 0) is 7.05 Å². The molecule has 0 aliphatic carbocycles. The van der Waals surface area contributed by atoms with Gasteiger partial charge in [-0.15, -0.1) is 0 Å². The number of likely N-dealkylation sites (tertiary alicyclic amines) is 2. The molecule has 0 spiro atoms. The Balaban J connectivity index is 1.78. The van der Waals surface area contributed by atoms with Crippen LogP contribution in [0.15, 0.2) is 0 Å². The van der Waals surface area contributed by atoms with E-state index < -0.39 is 0 Å². The van der Waals surface area contributed by atoms with Gasteiger partial charge >= 0.3 is 0 Å². The van der Waals surface area contributed by atoms with E-state index in [0.29, 0.717) is 5.91 Å². The molecule has 0 bridgehead atoms. The first-order valence-corrected chi connectivity index (χ1v) is 4.39. The standard InChI is InChI=1S/C8H15N3O/c1-10-2-6(3-10)8(12)11-4-7(9)5-11/h6-7H,2-5,9H2,1H3. The van der Waals surface area contributed by atoms with Crippen LogP contribution < -0.4 is 5.73 Å². The van der Waals surface area contributed by atoms with Crippen LogP contribution in [-0.4, -0.2) is 55.0 Å². The molecule has 68 valence electrons. The fourth-order valence-electron chi connectivity index (χ4n) is 1.81. The average molecular weight is 169 g/mol. The van der Waals surface area contributed by atoms with Gasteiger partial charge in [-0.1, -0.05) is 0 Å². The summed E-state index contributed by atoms with van der Waals surface area (Å²) in [5, 5.41) is 0. The largest absolute Gasteiger partial charge is 0.339 e. The van der Waals surface area contributed by atoms with Crippen LogP contribution in [0.2, 0.25) is 0 Å². The van der Waals surface area contributed by atoms with Crippen LogP contribution in [0.3, 0.4) is 0 Å². The maximum Gasteiger partial charge on any atom is 0.228 e. The van der Waals surface area contributed by atoms with Crippen molar-refractivity contribution < 1.29 is 4.79 Å². The van der Waals surface area contributed by atoms with Crippen molar-refractivity contribution in [1.29, 1.82) is 0 Å². The number of carbonyl (C=O) groups is 1. The van der Waals surface area contributed by atoms with E-state index in [-0.39, 0.29) is 12.0 Å². The molecule has 2 saturated heterocycles. The van der Waals surface area contributed by atoms with Crippen molar-refractivity contribution in [2.75, 3.05) is 33.2 Å². The Morgan fingerprint density at radius 3 is 2.33 bits per heavy atom. The monoisotopic (exact) mass is 169 g/mol. The van der Waals surface area contributed by atoms with Crippen LogP contribution in [-0.2, 0) is 4.79 Å². The van der Waals surface area contributed by atoms with E-state index in [9.17, 15) is 4.79 Å². The van der Waals surface area contributed by atoms with Crippen molar-refractivity contribution in [3.05, 3.63) is 0 Å². The van der Waals surface area contributed by atoms with Gasteiger partial charge in [0.2, 0.25) is 5.91 Å². The van der Waals surface area contributed by atoms with Gasteiger partial charge < -0.3 is 15.5 Å². The molecule has 0 saturated carbocycles. The maximum absolute atomic E-state index is 11.5. The third-order valence-electron chi connectivity index (χ3n) is 2.63. The molecule has 0 unspecified atom stereocenters. The molecule has 2 fully saturated rings. The fraction of sp³-hybridized carbons (Fsp3) is 0.875. The van der Waals surface area contributed by atoms with E-state index in [2.05, 4.69) is 4.90 Å². The number of amides is 1. The quantitative estimate of drug-likeness (QED) is 0.532. The molecule has 2 rings (SSSR count). The van der Waals surface area contributed by atoms with Crippen molar-refractivity contribution in [3.8, 4) is 0 Å². The highest BCUT2D eigenvalue weighted by Gasteiger charge is 2.37.